The summed E-state index contributed by atoms with van der Waals surface area (Å²) in [6.07, 6.45) is 7.63. The van der Waals surface area contributed by atoms with Gasteiger partial charge in [0, 0.05) is 19.0 Å². The van der Waals surface area contributed by atoms with Crippen molar-refractivity contribution >= 4 is 11.0 Å². The first kappa shape index (κ1) is 13.6. The van der Waals surface area contributed by atoms with Crippen LogP contribution < -0.4 is 5.73 Å². The molecule has 108 valence electrons. The first-order chi connectivity index (χ1) is 9.70. The molecular formula is C17H25N3. The van der Waals surface area contributed by atoms with Crippen LogP contribution in [0.3, 0.4) is 0 Å². The SMILES string of the molecule is CCC(N)c1ccc2c(c1)nc(C1CCCCC1)n2C. The summed E-state index contributed by atoms with van der Waals surface area (Å²) in [4.78, 5) is 4.92. The van der Waals surface area contributed by atoms with Gasteiger partial charge in [-0.1, -0.05) is 32.3 Å². The molecule has 2 N–H and O–H groups in total. The third kappa shape index (κ3) is 2.35. The summed E-state index contributed by atoms with van der Waals surface area (Å²) in [5, 5.41) is 0. The number of nitrogens with two attached hydrogens (primary N) is 1. The summed E-state index contributed by atoms with van der Waals surface area (Å²) >= 11 is 0. The smallest absolute Gasteiger partial charge is 0.112 e. The van der Waals surface area contributed by atoms with Gasteiger partial charge in [-0.05, 0) is 37.0 Å². The van der Waals surface area contributed by atoms with E-state index in [-0.39, 0.29) is 6.04 Å². The van der Waals surface area contributed by atoms with E-state index in [1.54, 1.807) is 0 Å². The number of aromatic nitrogens is 2. The molecule has 0 spiro atoms. The Morgan fingerprint density at radius 2 is 2.05 bits per heavy atom. The van der Waals surface area contributed by atoms with E-state index < -0.39 is 0 Å². The van der Waals surface area contributed by atoms with Gasteiger partial charge in [-0.3, -0.25) is 0 Å². The lowest BCUT2D eigenvalue weighted by molar-refractivity contribution is 0.423. The minimum absolute atomic E-state index is 0.125. The second-order valence-electron chi connectivity index (χ2n) is 6.13. The molecule has 2 aromatic rings. The van der Waals surface area contributed by atoms with E-state index in [2.05, 4.69) is 36.7 Å². The number of hydrogen-bond donors (Lipinski definition) is 1. The number of nitrogens with zero attached hydrogens (tertiary/aromatic N) is 2. The second kappa shape index (κ2) is 5.57. The Bertz CT molecular complexity index is 594. The maximum atomic E-state index is 6.14. The van der Waals surface area contributed by atoms with Gasteiger partial charge in [0.2, 0.25) is 0 Å². The van der Waals surface area contributed by atoms with Crippen LogP contribution in [0.5, 0.6) is 0 Å². The Balaban J connectivity index is 2.00. The lowest BCUT2D eigenvalue weighted by Gasteiger charge is -2.20. The molecule has 0 radical (unpaired) electrons. The summed E-state index contributed by atoms with van der Waals surface area (Å²) in [5.74, 6) is 1.91. The number of fused-ring (bicyclic) bond motifs is 1. The molecule has 0 saturated heterocycles. The summed E-state index contributed by atoms with van der Waals surface area (Å²) in [7, 11) is 2.15. The van der Waals surface area contributed by atoms with Crippen molar-refractivity contribution in [3.63, 3.8) is 0 Å². The minimum Gasteiger partial charge on any atom is -0.331 e. The molecule has 1 atom stereocenters. The summed E-state index contributed by atoms with van der Waals surface area (Å²) in [5.41, 5.74) is 9.68. The van der Waals surface area contributed by atoms with Gasteiger partial charge in [-0.15, -0.1) is 0 Å². The number of imidazole rings is 1. The molecule has 1 unspecified atom stereocenters. The van der Waals surface area contributed by atoms with Crippen LogP contribution in [0.1, 0.15) is 68.8 Å². The quantitative estimate of drug-likeness (QED) is 0.916. The van der Waals surface area contributed by atoms with Gasteiger partial charge in [-0.25, -0.2) is 4.98 Å². The highest BCUT2D eigenvalue weighted by Gasteiger charge is 2.21. The van der Waals surface area contributed by atoms with Gasteiger partial charge in [-0.2, -0.15) is 0 Å². The predicted octanol–water partition coefficient (Wildman–Crippen LogP) is 4.03. The van der Waals surface area contributed by atoms with Crippen molar-refractivity contribution in [2.45, 2.75) is 57.4 Å². The number of aryl methyl sites for hydroxylation is 1. The van der Waals surface area contributed by atoms with E-state index >= 15 is 0 Å². The van der Waals surface area contributed by atoms with Crippen LogP contribution in [-0.2, 0) is 7.05 Å². The molecule has 0 aliphatic heterocycles. The van der Waals surface area contributed by atoms with Gasteiger partial charge in [0.25, 0.3) is 0 Å². The maximum absolute atomic E-state index is 6.14. The fourth-order valence-corrected chi connectivity index (χ4v) is 3.43. The number of hydrogen-bond acceptors (Lipinski definition) is 2. The van der Waals surface area contributed by atoms with Gasteiger partial charge < -0.3 is 10.3 Å². The van der Waals surface area contributed by atoms with E-state index in [0.29, 0.717) is 5.92 Å². The van der Waals surface area contributed by atoms with Gasteiger partial charge in [0.15, 0.2) is 0 Å². The Hall–Kier alpha value is -1.35. The molecule has 1 fully saturated rings. The van der Waals surface area contributed by atoms with Crippen LogP contribution in [0.2, 0.25) is 0 Å². The van der Waals surface area contributed by atoms with E-state index in [4.69, 9.17) is 10.7 Å². The first-order valence-electron chi connectivity index (χ1n) is 7.92. The minimum atomic E-state index is 0.125. The van der Waals surface area contributed by atoms with Crippen LogP contribution in [0.4, 0.5) is 0 Å². The molecule has 0 bridgehead atoms. The molecule has 3 nitrogen and oxygen atoms in total. The fourth-order valence-electron chi connectivity index (χ4n) is 3.43. The average molecular weight is 271 g/mol. The lowest BCUT2D eigenvalue weighted by atomic mass is 9.89. The Morgan fingerprint density at radius 1 is 1.30 bits per heavy atom. The first-order valence-corrected chi connectivity index (χ1v) is 7.92. The molecule has 20 heavy (non-hydrogen) atoms. The highest BCUT2D eigenvalue weighted by Crippen LogP contribution is 2.33. The fraction of sp³-hybridized carbons (Fsp3) is 0.588. The molecular weight excluding hydrogens is 246 g/mol. The molecule has 1 aliphatic carbocycles. The van der Waals surface area contributed by atoms with Gasteiger partial charge >= 0.3 is 0 Å². The third-order valence-electron chi connectivity index (χ3n) is 4.78. The van der Waals surface area contributed by atoms with Crippen molar-refractivity contribution in [3.05, 3.63) is 29.6 Å². The van der Waals surface area contributed by atoms with Crippen molar-refractivity contribution in [3.8, 4) is 0 Å². The van der Waals surface area contributed by atoms with Crippen molar-refractivity contribution in [1.82, 2.24) is 9.55 Å². The highest BCUT2D eigenvalue weighted by molar-refractivity contribution is 5.77. The largest absolute Gasteiger partial charge is 0.331 e. The normalized spacial score (nSPS) is 18.6. The Morgan fingerprint density at radius 3 is 2.75 bits per heavy atom. The summed E-state index contributed by atoms with van der Waals surface area (Å²) in [6, 6.07) is 6.64. The van der Waals surface area contributed by atoms with E-state index in [1.165, 1.54) is 49.0 Å². The second-order valence-corrected chi connectivity index (χ2v) is 6.13. The maximum Gasteiger partial charge on any atom is 0.112 e. The molecule has 1 heterocycles. The van der Waals surface area contributed by atoms with Crippen LogP contribution in [-0.4, -0.2) is 9.55 Å². The van der Waals surface area contributed by atoms with E-state index in [0.717, 1.165) is 11.9 Å². The van der Waals surface area contributed by atoms with Crippen molar-refractivity contribution in [2.75, 3.05) is 0 Å². The van der Waals surface area contributed by atoms with Crippen molar-refractivity contribution < 1.29 is 0 Å². The average Bonchev–Trinajstić information content (AvgIpc) is 2.84. The Labute approximate surface area is 121 Å². The standard InChI is InChI=1S/C17H25N3/c1-3-14(18)13-9-10-16-15(11-13)19-17(20(16)2)12-7-5-4-6-8-12/h9-12,14H,3-8,18H2,1-2H3. The molecule has 1 aliphatic rings. The van der Waals surface area contributed by atoms with Crippen molar-refractivity contribution in [2.24, 2.45) is 12.8 Å². The number of rotatable bonds is 3. The molecule has 1 aromatic heterocycles. The van der Waals surface area contributed by atoms with Crippen LogP contribution in [0, 0.1) is 0 Å². The predicted molar refractivity (Wildman–Crippen MR) is 83.8 cm³/mol. The van der Waals surface area contributed by atoms with Gasteiger partial charge in [0.05, 0.1) is 11.0 Å². The summed E-state index contributed by atoms with van der Waals surface area (Å²) < 4.78 is 2.28. The topological polar surface area (TPSA) is 43.8 Å². The lowest BCUT2D eigenvalue weighted by Crippen LogP contribution is -2.10. The van der Waals surface area contributed by atoms with E-state index in [1.807, 2.05) is 0 Å². The molecule has 0 amide bonds. The van der Waals surface area contributed by atoms with E-state index in [9.17, 15) is 0 Å². The molecule has 3 rings (SSSR count). The third-order valence-corrected chi connectivity index (χ3v) is 4.78. The van der Waals surface area contributed by atoms with Crippen LogP contribution in [0.15, 0.2) is 18.2 Å². The number of benzene rings is 1. The van der Waals surface area contributed by atoms with Gasteiger partial charge in [0.1, 0.15) is 5.82 Å². The zero-order valence-corrected chi connectivity index (χ0v) is 12.6. The monoisotopic (exact) mass is 271 g/mol. The molecule has 3 heteroatoms. The van der Waals surface area contributed by atoms with Crippen molar-refractivity contribution in [1.29, 1.82) is 0 Å². The zero-order chi connectivity index (χ0) is 14.1. The van der Waals surface area contributed by atoms with Crippen LogP contribution in [0.25, 0.3) is 11.0 Å². The summed E-state index contributed by atoms with van der Waals surface area (Å²) in [6.45, 7) is 2.13. The molecule has 1 saturated carbocycles. The highest BCUT2D eigenvalue weighted by atomic mass is 15.1. The molecule has 1 aromatic carbocycles. The van der Waals surface area contributed by atoms with Crippen LogP contribution >= 0.6 is 0 Å². The Kier molecular flexibility index (Phi) is 3.79. The zero-order valence-electron chi connectivity index (χ0n) is 12.6.